The fraction of sp³-hybridized carbons (Fsp3) is 0.769. The summed E-state index contributed by atoms with van der Waals surface area (Å²) >= 11 is 0. The first-order chi connectivity index (χ1) is 9.58. The standard InChI is InChI=1S/C13H21N3O4/c1-10(17)15-5-2-11(3-6-15)12(18)14-4-7-16-8-9-20-13(16)19/h11H,2-9H2,1H3,(H,14,18). The lowest BCUT2D eigenvalue weighted by molar-refractivity contribution is -0.133. The van der Waals surface area contributed by atoms with Crippen molar-refractivity contribution in [3.05, 3.63) is 0 Å². The molecule has 2 saturated heterocycles. The molecule has 1 N–H and O–H groups in total. The van der Waals surface area contributed by atoms with Gasteiger partial charge in [0.15, 0.2) is 0 Å². The zero-order valence-corrected chi connectivity index (χ0v) is 11.8. The van der Waals surface area contributed by atoms with Crippen LogP contribution in [0.4, 0.5) is 4.79 Å². The predicted molar refractivity (Wildman–Crippen MR) is 70.9 cm³/mol. The highest BCUT2D eigenvalue weighted by Gasteiger charge is 2.26. The lowest BCUT2D eigenvalue weighted by Gasteiger charge is -2.30. The van der Waals surface area contributed by atoms with Gasteiger partial charge in [0.25, 0.3) is 0 Å². The van der Waals surface area contributed by atoms with Gasteiger partial charge in [-0.25, -0.2) is 4.79 Å². The van der Waals surface area contributed by atoms with Crippen LogP contribution in [0.3, 0.4) is 0 Å². The molecule has 0 radical (unpaired) electrons. The number of carbonyl (C=O) groups excluding carboxylic acids is 3. The number of piperidine rings is 1. The largest absolute Gasteiger partial charge is 0.448 e. The molecule has 2 aliphatic rings. The van der Waals surface area contributed by atoms with Crippen LogP contribution in [-0.2, 0) is 14.3 Å². The van der Waals surface area contributed by atoms with Crippen molar-refractivity contribution in [3.8, 4) is 0 Å². The van der Waals surface area contributed by atoms with Gasteiger partial charge in [-0.2, -0.15) is 0 Å². The molecule has 3 amide bonds. The second-order valence-corrected chi connectivity index (χ2v) is 5.17. The highest BCUT2D eigenvalue weighted by molar-refractivity contribution is 5.79. The topological polar surface area (TPSA) is 79.0 Å². The summed E-state index contributed by atoms with van der Waals surface area (Å²) in [6.45, 7) is 4.78. The molecule has 2 heterocycles. The molecule has 0 saturated carbocycles. The van der Waals surface area contributed by atoms with Crippen LogP contribution in [0.2, 0.25) is 0 Å². The number of amides is 3. The number of nitrogens with zero attached hydrogens (tertiary/aromatic N) is 2. The number of carbonyl (C=O) groups is 3. The van der Waals surface area contributed by atoms with Gasteiger partial charge < -0.3 is 19.9 Å². The van der Waals surface area contributed by atoms with Gasteiger partial charge in [-0.15, -0.1) is 0 Å². The first-order valence-corrected chi connectivity index (χ1v) is 7.03. The van der Waals surface area contributed by atoms with Crippen LogP contribution in [0.15, 0.2) is 0 Å². The average molecular weight is 283 g/mol. The van der Waals surface area contributed by atoms with Gasteiger partial charge >= 0.3 is 6.09 Å². The van der Waals surface area contributed by atoms with Gasteiger partial charge in [0.05, 0.1) is 6.54 Å². The highest BCUT2D eigenvalue weighted by Crippen LogP contribution is 2.17. The third kappa shape index (κ3) is 3.61. The number of likely N-dealkylation sites (tertiary alicyclic amines) is 1. The van der Waals surface area contributed by atoms with Gasteiger partial charge in [0, 0.05) is 39.0 Å². The first kappa shape index (κ1) is 14.6. The van der Waals surface area contributed by atoms with E-state index in [4.69, 9.17) is 4.74 Å². The molecule has 0 atom stereocenters. The van der Waals surface area contributed by atoms with E-state index in [1.54, 1.807) is 16.7 Å². The molecule has 0 aromatic rings. The van der Waals surface area contributed by atoms with Crippen molar-refractivity contribution in [2.24, 2.45) is 5.92 Å². The molecule has 7 nitrogen and oxygen atoms in total. The van der Waals surface area contributed by atoms with Crippen molar-refractivity contribution in [3.63, 3.8) is 0 Å². The first-order valence-electron chi connectivity index (χ1n) is 7.03. The summed E-state index contributed by atoms with van der Waals surface area (Å²) in [6.07, 6.45) is 1.10. The zero-order valence-electron chi connectivity index (χ0n) is 11.8. The van der Waals surface area contributed by atoms with E-state index in [-0.39, 0.29) is 23.8 Å². The van der Waals surface area contributed by atoms with Crippen molar-refractivity contribution >= 4 is 17.9 Å². The number of hydrogen-bond donors (Lipinski definition) is 1. The number of hydrogen-bond acceptors (Lipinski definition) is 4. The van der Waals surface area contributed by atoms with Crippen LogP contribution in [-0.4, -0.2) is 67.0 Å². The Morgan fingerprint density at radius 2 is 2.00 bits per heavy atom. The van der Waals surface area contributed by atoms with Crippen molar-refractivity contribution in [2.45, 2.75) is 19.8 Å². The molecule has 0 unspecified atom stereocenters. The monoisotopic (exact) mass is 283 g/mol. The summed E-state index contributed by atoms with van der Waals surface area (Å²) in [7, 11) is 0. The molecule has 0 bridgehead atoms. The number of ether oxygens (including phenoxy) is 1. The van der Waals surface area contributed by atoms with Crippen LogP contribution in [0.25, 0.3) is 0 Å². The maximum atomic E-state index is 12.0. The van der Waals surface area contributed by atoms with Crippen LogP contribution in [0.1, 0.15) is 19.8 Å². The summed E-state index contributed by atoms with van der Waals surface area (Å²) in [5, 5.41) is 2.85. The van der Waals surface area contributed by atoms with Crippen LogP contribution in [0.5, 0.6) is 0 Å². The SMILES string of the molecule is CC(=O)N1CCC(C(=O)NCCN2CCOC2=O)CC1. The molecule has 0 aromatic heterocycles. The normalized spacial score (nSPS) is 19.9. The van der Waals surface area contributed by atoms with E-state index in [1.807, 2.05) is 0 Å². The van der Waals surface area contributed by atoms with E-state index in [2.05, 4.69) is 5.32 Å². The lowest BCUT2D eigenvalue weighted by atomic mass is 9.96. The van der Waals surface area contributed by atoms with Crippen LogP contribution < -0.4 is 5.32 Å². The molecule has 2 aliphatic heterocycles. The third-order valence-corrected chi connectivity index (χ3v) is 3.84. The van der Waals surface area contributed by atoms with Gasteiger partial charge in [-0.1, -0.05) is 0 Å². The van der Waals surface area contributed by atoms with Crippen molar-refractivity contribution in [1.29, 1.82) is 0 Å². The molecule has 2 fully saturated rings. The average Bonchev–Trinajstić information content (AvgIpc) is 2.84. The lowest BCUT2D eigenvalue weighted by Crippen LogP contribution is -2.43. The van der Waals surface area contributed by atoms with E-state index in [0.717, 1.165) is 0 Å². The van der Waals surface area contributed by atoms with E-state index in [0.29, 0.717) is 52.2 Å². The number of nitrogens with one attached hydrogen (secondary N) is 1. The number of cyclic esters (lactones) is 1. The molecule has 0 spiro atoms. The Hall–Kier alpha value is -1.79. The molecule has 0 aliphatic carbocycles. The summed E-state index contributed by atoms with van der Waals surface area (Å²) in [5.74, 6) is 0.0494. The van der Waals surface area contributed by atoms with E-state index in [1.165, 1.54) is 0 Å². The minimum atomic E-state index is -0.311. The smallest absolute Gasteiger partial charge is 0.409 e. The Balaban J connectivity index is 1.65. The van der Waals surface area contributed by atoms with Crippen LogP contribution in [0, 0.1) is 5.92 Å². The van der Waals surface area contributed by atoms with Crippen molar-refractivity contribution in [1.82, 2.24) is 15.1 Å². The summed E-state index contributed by atoms with van der Waals surface area (Å²) in [6, 6.07) is 0. The van der Waals surface area contributed by atoms with Gasteiger partial charge in [-0.05, 0) is 12.8 Å². The Labute approximate surface area is 118 Å². The summed E-state index contributed by atoms with van der Waals surface area (Å²) in [5.41, 5.74) is 0. The van der Waals surface area contributed by atoms with Crippen molar-refractivity contribution in [2.75, 3.05) is 39.3 Å². The Morgan fingerprint density at radius 3 is 2.55 bits per heavy atom. The molecule has 20 heavy (non-hydrogen) atoms. The molecular weight excluding hydrogens is 262 g/mol. The maximum absolute atomic E-state index is 12.0. The zero-order chi connectivity index (χ0) is 14.5. The minimum Gasteiger partial charge on any atom is -0.448 e. The Bertz CT molecular complexity index is 391. The Kier molecular flexibility index (Phi) is 4.81. The number of rotatable bonds is 4. The van der Waals surface area contributed by atoms with Gasteiger partial charge in [-0.3, -0.25) is 9.59 Å². The molecular formula is C13H21N3O4. The predicted octanol–water partition coefficient (Wildman–Crippen LogP) is -0.187. The fourth-order valence-electron chi connectivity index (χ4n) is 2.54. The second kappa shape index (κ2) is 6.58. The highest BCUT2D eigenvalue weighted by atomic mass is 16.6. The molecule has 112 valence electrons. The third-order valence-electron chi connectivity index (χ3n) is 3.84. The second-order valence-electron chi connectivity index (χ2n) is 5.17. The Morgan fingerprint density at radius 1 is 1.30 bits per heavy atom. The van der Waals surface area contributed by atoms with Gasteiger partial charge in [0.1, 0.15) is 6.61 Å². The molecule has 0 aromatic carbocycles. The molecule has 2 rings (SSSR count). The summed E-state index contributed by atoms with van der Waals surface area (Å²) in [4.78, 5) is 37.7. The summed E-state index contributed by atoms with van der Waals surface area (Å²) < 4.78 is 4.81. The van der Waals surface area contributed by atoms with Crippen molar-refractivity contribution < 1.29 is 19.1 Å². The van der Waals surface area contributed by atoms with Crippen LogP contribution >= 0.6 is 0 Å². The van der Waals surface area contributed by atoms with E-state index >= 15 is 0 Å². The van der Waals surface area contributed by atoms with E-state index < -0.39 is 0 Å². The quantitative estimate of drug-likeness (QED) is 0.776. The van der Waals surface area contributed by atoms with Gasteiger partial charge in [0.2, 0.25) is 11.8 Å². The fourth-order valence-corrected chi connectivity index (χ4v) is 2.54. The molecule has 7 heteroatoms. The minimum absolute atomic E-state index is 0.0146. The maximum Gasteiger partial charge on any atom is 0.409 e. The van der Waals surface area contributed by atoms with E-state index in [9.17, 15) is 14.4 Å².